The molecule has 0 spiro atoms. The molecule has 3 rings (SSSR count). The number of amides is 1. The maximum atomic E-state index is 12.2. The highest BCUT2D eigenvalue weighted by atomic mass is 16.3. The Morgan fingerprint density at radius 2 is 1.86 bits per heavy atom. The van der Waals surface area contributed by atoms with E-state index < -0.39 is 0 Å². The van der Waals surface area contributed by atoms with Crippen molar-refractivity contribution >= 4 is 5.91 Å². The van der Waals surface area contributed by atoms with Crippen molar-refractivity contribution in [3.63, 3.8) is 0 Å². The molecule has 0 aliphatic heterocycles. The lowest BCUT2D eigenvalue weighted by Crippen LogP contribution is -2.36. The van der Waals surface area contributed by atoms with E-state index in [4.69, 9.17) is 0 Å². The average molecular weight is 301 g/mol. The highest BCUT2D eigenvalue weighted by Crippen LogP contribution is 2.36. The van der Waals surface area contributed by atoms with E-state index in [0.29, 0.717) is 12.0 Å². The van der Waals surface area contributed by atoms with Gasteiger partial charge in [-0.15, -0.1) is 0 Å². The molecule has 1 aromatic carbocycles. The van der Waals surface area contributed by atoms with Crippen LogP contribution in [0.25, 0.3) is 0 Å². The number of benzene rings is 1. The second-order valence-electron chi connectivity index (χ2n) is 6.99. The molecule has 0 heterocycles. The van der Waals surface area contributed by atoms with Gasteiger partial charge in [0.05, 0.1) is 6.10 Å². The SMILES string of the molecule is O=C(N[C@@H]1C[C@H]1CCCc1ccccc1)C1CCC(O)CC1. The summed E-state index contributed by atoms with van der Waals surface area (Å²) in [6.07, 6.45) is 7.77. The largest absolute Gasteiger partial charge is 0.393 e. The molecule has 2 aliphatic rings. The Morgan fingerprint density at radius 3 is 2.59 bits per heavy atom. The molecule has 0 aromatic heterocycles. The standard InChI is InChI=1S/C19H27NO2/c21-17-11-9-15(10-12-17)19(22)20-18-13-16(18)8-4-7-14-5-2-1-3-6-14/h1-3,5-6,15-18,21H,4,7-13H2,(H,20,22)/t15?,16-,17?,18-/m1/s1. The molecule has 120 valence electrons. The van der Waals surface area contributed by atoms with Crippen LogP contribution in [0.3, 0.4) is 0 Å². The average Bonchev–Trinajstić information content (AvgIpc) is 3.27. The second kappa shape index (κ2) is 7.28. The van der Waals surface area contributed by atoms with Gasteiger partial charge in [-0.1, -0.05) is 30.3 Å². The zero-order valence-corrected chi connectivity index (χ0v) is 13.2. The zero-order valence-electron chi connectivity index (χ0n) is 13.2. The van der Waals surface area contributed by atoms with Crippen molar-refractivity contribution in [2.45, 2.75) is 63.5 Å². The molecule has 1 amide bonds. The fourth-order valence-electron chi connectivity index (χ4n) is 3.60. The van der Waals surface area contributed by atoms with E-state index in [0.717, 1.165) is 38.5 Å². The van der Waals surface area contributed by atoms with Crippen molar-refractivity contribution in [3.05, 3.63) is 35.9 Å². The summed E-state index contributed by atoms with van der Waals surface area (Å²) in [6, 6.07) is 11.0. The summed E-state index contributed by atoms with van der Waals surface area (Å²) < 4.78 is 0. The van der Waals surface area contributed by atoms with Crippen LogP contribution in [-0.2, 0) is 11.2 Å². The van der Waals surface area contributed by atoms with Crippen LogP contribution in [0.15, 0.2) is 30.3 Å². The highest BCUT2D eigenvalue weighted by molar-refractivity contribution is 5.79. The lowest BCUT2D eigenvalue weighted by molar-refractivity contribution is -0.126. The third-order valence-corrected chi connectivity index (χ3v) is 5.20. The van der Waals surface area contributed by atoms with Gasteiger partial charge in [-0.3, -0.25) is 4.79 Å². The summed E-state index contributed by atoms with van der Waals surface area (Å²) in [4.78, 5) is 12.2. The Kier molecular flexibility index (Phi) is 5.14. The van der Waals surface area contributed by atoms with Crippen molar-refractivity contribution in [2.75, 3.05) is 0 Å². The third kappa shape index (κ3) is 4.33. The smallest absolute Gasteiger partial charge is 0.223 e. The molecular formula is C19H27NO2. The van der Waals surface area contributed by atoms with E-state index in [1.54, 1.807) is 0 Å². The van der Waals surface area contributed by atoms with Gasteiger partial charge in [-0.25, -0.2) is 0 Å². The molecule has 22 heavy (non-hydrogen) atoms. The molecule has 3 nitrogen and oxygen atoms in total. The Morgan fingerprint density at radius 1 is 1.14 bits per heavy atom. The molecule has 2 saturated carbocycles. The van der Waals surface area contributed by atoms with Crippen LogP contribution >= 0.6 is 0 Å². The first-order valence-electron chi connectivity index (χ1n) is 8.74. The Balaban J connectivity index is 1.32. The lowest BCUT2D eigenvalue weighted by Gasteiger charge is -2.24. The van der Waals surface area contributed by atoms with Gasteiger partial charge in [-0.2, -0.15) is 0 Å². The summed E-state index contributed by atoms with van der Waals surface area (Å²) in [5.41, 5.74) is 1.41. The second-order valence-corrected chi connectivity index (χ2v) is 6.99. The molecule has 0 saturated heterocycles. The van der Waals surface area contributed by atoms with Crippen molar-refractivity contribution in [1.82, 2.24) is 5.32 Å². The van der Waals surface area contributed by atoms with Gasteiger partial charge in [0.2, 0.25) is 5.91 Å². The maximum Gasteiger partial charge on any atom is 0.223 e. The predicted molar refractivity (Wildman–Crippen MR) is 87.4 cm³/mol. The van der Waals surface area contributed by atoms with Crippen LogP contribution < -0.4 is 5.32 Å². The normalized spacial score (nSPS) is 30.8. The molecule has 3 heteroatoms. The minimum Gasteiger partial charge on any atom is -0.393 e. The molecule has 1 aromatic rings. The van der Waals surface area contributed by atoms with Gasteiger partial charge >= 0.3 is 0 Å². The van der Waals surface area contributed by atoms with Crippen LogP contribution in [0, 0.1) is 11.8 Å². The zero-order chi connectivity index (χ0) is 15.4. The first-order valence-corrected chi connectivity index (χ1v) is 8.74. The van der Waals surface area contributed by atoms with Gasteiger partial charge in [0.15, 0.2) is 0 Å². The van der Waals surface area contributed by atoms with Crippen molar-refractivity contribution in [1.29, 1.82) is 0 Å². The number of aliphatic hydroxyl groups excluding tert-OH is 1. The van der Waals surface area contributed by atoms with Crippen molar-refractivity contribution in [2.24, 2.45) is 11.8 Å². The number of aliphatic hydroxyl groups is 1. The molecule has 0 bridgehead atoms. The summed E-state index contributed by atoms with van der Waals surface area (Å²) >= 11 is 0. The van der Waals surface area contributed by atoms with E-state index in [2.05, 4.69) is 35.6 Å². The molecule has 2 fully saturated rings. The Hall–Kier alpha value is -1.35. The van der Waals surface area contributed by atoms with Gasteiger partial charge in [-0.05, 0) is 62.8 Å². The molecular weight excluding hydrogens is 274 g/mol. The molecule has 0 radical (unpaired) electrons. The lowest BCUT2D eigenvalue weighted by atomic mass is 9.87. The van der Waals surface area contributed by atoms with Gasteiger partial charge in [0.1, 0.15) is 0 Å². The van der Waals surface area contributed by atoms with Crippen LogP contribution in [0.2, 0.25) is 0 Å². The number of nitrogens with one attached hydrogen (secondary N) is 1. The topological polar surface area (TPSA) is 49.3 Å². The number of aryl methyl sites for hydroxylation is 1. The minimum atomic E-state index is -0.185. The van der Waals surface area contributed by atoms with Gasteiger partial charge in [0.25, 0.3) is 0 Å². The van der Waals surface area contributed by atoms with Crippen molar-refractivity contribution in [3.8, 4) is 0 Å². The minimum absolute atomic E-state index is 0.133. The first-order chi connectivity index (χ1) is 10.7. The predicted octanol–water partition coefficient (Wildman–Crippen LogP) is 3.07. The van der Waals surface area contributed by atoms with Crippen molar-refractivity contribution < 1.29 is 9.90 Å². The molecule has 2 atom stereocenters. The summed E-state index contributed by atoms with van der Waals surface area (Å²) in [5.74, 6) is 1.04. The molecule has 2 aliphatic carbocycles. The monoisotopic (exact) mass is 301 g/mol. The number of rotatable bonds is 6. The summed E-state index contributed by atoms with van der Waals surface area (Å²) in [7, 11) is 0. The van der Waals surface area contributed by atoms with Gasteiger partial charge < -0.3 is 10.4 Å². The van der Waals surface area contributed by atoms with E-state index in [-0.39, 0.29) is 17.9 Å². The number of carbonyl (C=O) groups is 1. The highest BCUT2D eigenvalue weighted by Gasteiger charge is 2.38. The van der Waals surface area contributed by atoms with E-state index in [9.17, 15) is 9.90 Å². The quantitative estimate of drug-likeness (QED) is 0.848. The third-order valence-electron chi connectivity index (χ3n) is 5.20. The van der Waals surface area contributed by atoms with E-state index >= 15 is 0 Å². The Bertz CT molecular complexity index is 479. The molecule has 0 unspecified atom stereocenters. The van der Waals surface area contributed by atoms with Crippen LogP contribution in [0.5, 0.6) is 0 Å². The summed E-state index contributed by atoms with van der Waals surface area (Å²) in [6.45, 7) is 0. The Labute approximate surface area is 133 Å². The van der Waals surface area contributed by atoms with E-state index in [1.807, 2.05) is 0 Å². The van der Waals surface area contributed by atoms with Crippen LogP contribution in [0.1, 0.15) is 50.5 Å². The first kappa shape index (κ1) is 15.5. The fourth-order valence-corrected chi connectivity index (χ4v) is 3.60. The number of hydrogen-bond donors (Lipinski definition) is 2. The fraction of sp³-hybridized carbons (Fsp3) is 0.632. The molecule has 2 N–H and O–H groups in total. The van der Waals surface area contributed by atoms with Crippen LogP contribution in [0.4, 0.5) is 0 Å². The van der Waals surface area contributed by atoms with E-state index in [1.165, 1.54) is 18.4 Å². The van der Waals surface area contributed by atoms with Gasteiger partial charge in [0, 0.05) is 12.0 Å². The number of carbonyl (C=O) groups excluding carboxylic acids is 1. The number of hydrogen-bond acceptors (Lipinski definition) is 2. The summed E-state index contributed by atoms with van der Waals surface area (Å²) in [5, 5.41) is 12.7. The maximum absolute atomic E-state index is 12.2. The van der Waals surface area contributed by atoms with Crippen LogP contribution in [-0.4, -0.2) is 23.2 Å².